The Bertz CT molecular complexity index is 837. The van der Waals surface area contributed by atoms with Crippen LogP contribution >= 0.6 is 11.6 Å². The second-order valence-electron chi connectivity index (χ2n) is 5.89. The molecule has 2 aromatic carbocycles. The molecular weight excluding hydrogens is 368 g/mol. The molecule has 6 nitrogen and oxygen atoms in total. The molecule has 0 radical (unpaired) electrons. The molecule has 0 saturated heterocycles. The third-order valence-electron chi connectivity index (χ3n) is 3.85. The maximum Gasteiger partial charge on any atom is 0.277 e. The van der Waals surface area contributed by atoms with E-state index in [4.69, 9.17) is 25.8 Å². The van der Waals surface area contributed by atoms with Gasteiger partial charge in [-0.25, -0.2) is 5.43 Å². The van der Waals surface area contributed by atoms with Gasteiger partial charge >= 0.3 is 0 Å². The fourth-order valence-corrected chi connectivity index (χ4v) is 2.49. The van der Waals surface area contributed by atoms with Crippen LogP contribution in [0.15, 0.2) is 41.5 Å². The molecule has 7 heteroatoms. The minimum atomic E-state index is -0.354. The molecule has 0 atom stereocenters. The van der Waals surface area contributed by atoms with Gasteiger partial charge in [-0.2, -0.15) is 5.10 Å². The van der Waals surface area contributed by atoms with Gasteiger partial charge in [-0.3, -0.25) is 4.79 Å². The molecule has 0 aliphatic carbocycles. The summed E-state index contributed by atoms with van der Waals surface area (Å²) in [5.74, 6) is 0.962. The van der Waals surface area contributed by atoms with Crippen molar-refractivity contribution >= 4 is 23.2 Å². The number of ether oxygens (including phenoxy) is 3. The molecule has 1 N–H and O–H groups in total. The number of aryl methyl sites for hydroxylation is 1. The first-order valence-electron chi connectivity index (χ1n) is 8.33. The topological polar surface area (TPSA) is 69.2 Å². The van der Waals surface area contributed by atoms with Gasteiger partial charge < -0.3 is 14.2 Å². The highest BCUT2D eigenvalue weighted by Crippen LogP contribution is 2.22. The van der Waals surface area contributed by atoms with E-state index in [1.54, 1.807) is 32.4 Å². The molecule has 0 bridgehead atoms. The van der Waals surface area contributed by atoms with E-state index >= 15 is 0 Å². The van der Waals surface area contributed by atoms with Crippen LogP contribution in [0.2, 0.25) is 5.02 Å². The highest BCUT2D eigenvalue weighted by molar-refractivity contribution is 6.31. The second kappa shape index (κ2) is 9.94. The lowest BCUT2D eigenvalue weighted by atomic mass is 10.1. The van der Waals surface area contributed by atoms with Gasteiger partial charge in [-0.1, -0.05) is 11.6 Å². The van der Waals surface area contributed by atoms with Crippen molar-refractivity contribution in [1.82, 2.24) is 5.43 Å². The van der Waals surface area contributed by atoms with Crippen molar-refractivity contribution in [3.05, 3.63) is 58.1 Å². The zero-order valence-electron chi connectivity index (χ0n) is 15.8. The maximum absolute atomic E-state index is 12.0. The van der Waals surface area contributed by atoms with Gasteiger partial charge in [-0.15, -0.1) is 0 Å². The van der Waals surface area contributed by atoms with Crippen LogP contribution in [0, 0.1) is 6.92 Å². The van der Waals surface area contributed by atoms with E-state index in [2.05, 4.69) is 10.5 Å². The molecule has 0 spiro atoms. The number of carbonyl (C=O) groups excluding carboxylic acids is 1. The van der Waals surface area contributed by atoms with Gasteiger partial charge in [0.2, 0.25) is 0 Å². The first-order valence-corrected chi connectivity index (χ1v) is 8.70. The van der Waals surface area contributed by atoms with Crippen molar-refractivity contribution in [3.8, 4) is 11.5 Å². The fraction of sp³-hybridized carbons (Fsp3) is 0.300. The Morgan fingerprint density at radius 1 is 1.19 bits per heavy atom. The van der Waals surface area contributed by atoms with Crippen LogP contribution in [0.5, 0.6) is 11.5 Å². The fourth-order valence-electron chi connectivity index (χ4n) is 2.37. The smallest absolute Gasteiger partial charge is 0.277 e. The lowest BCUT2D eigenvalue weighted by molar-refractivity contribution is -0.123. The van der Waals surface area contributed by atoms with Crippen molar-refractivity contribution in [2.24, 2.45) is 5.10 Å². The summed E-state index contributed by atoms with van der Waals surface area (Å²) < 4.78 is 15.9. The highest BCUT2D eigenvalue weighted by atomic mass is 35.5. The Kier molecular flexibility index (Phi) is 7.64. The van der Waals surface area contributed by atoms with E-state index in [1.807, 2.05) is 32.0 Å². The number of amides is 1. The molecule has 0 aliphatic heterocycles. The molecule has 0 aromatic heterocycles. The van der Waals surface area contributed by atoms with Crippen molar-refractivity contribution in [2.75, 3.05) is 20.8 Å². The van der Waals surface area contributed by atoms with E-state index in [9.17, 15) is 4.79 Å². The van der Waals surface area contributed by atoms with Crippen LogP contribution in [0.25, 0.3) is 0 Å². The van der Waals surface area contributed by atoms with Gasteiger partial charge in [0, 0.05) is 17.7 Å². The highest BCUT2D eigenvalue weighted by Gasteiger charge is 2.08. The molecule has 27 heavy (non-hydrogen) atoms. The third-order valence-corrected chi connectivity index (χ3v) is 4.27. The Balaban J connectivity index is 1.96. The number of rotatable bonds is 8. The van der Waals surface area contributed by atoms with Crippen molar-refractivity contribution in [2.45, 2.75) is 20.5 Å². The standard InChI is InChI=1S/C20H23ClN2O4/c1-13-9-17(6-7-18(13)21)27-12-20(24)23-22-14(2)15-5-8-19(26-4)16(10-15)11-25-3/h5-10H,11-12H2,1-4H3,(H,23,24)/b22-14-. The van der Waals surface area contributed by atoms with Crippen molar-refractivity contribution in [1.29, 1.82) is 0 Å². The molecule has 1 amide bonds. The molecule has 0 unspecified atom stereocenters. The summed E-state index contributed by atoms with van der Waals surface area (Å²) in [5, 5.41) is 4.78. The molecule has 0 heterocycles. The summed E-state index contributed by atoms with van der Waals surface area (Å²) in [6.07, 6.45) is 0. The van der Waals surface area contributed by atoms with E-state index in [0.717, 1.165) is 22.4 Å². The van der Waals surface area contributed by atoms with Gasteiger partial charge in [0.25, 0.3) is 5.91 Å². The Morgan fingerprint density at radius 3 is 2.63 bits per heavy atom. The van der Waals surface area contributed by atoms with E-state index in [1.165, 1.54) is 0 Å². The summed E-state index contributed by atoms with van der Waals surface area (Å²) in [6, 6.07) is 10.9. The molecule has 0 fully saturated rings. The average molecular weight is 391 g/mol. The minimum absolute atomic E-state index is 0.143. The van der Waals surface area contributed by atoms with Crippen LogP contribution in [0.1, 0.15) is 23.6 Å². The number of benzene rings is 2. The third kappa shape index (κ3) is 5.98. The van der Waals surface area contributed by atoms with Gasteiger partial charge in [0.15, 0.2) is 6.61 Å². The number of halogens is 1. The van der Waals surface area contributed by atoms with Crippen molar-refractivity contribution in [3.63, 3.8) is 0 Å². The Labute approximate surface area is 164 Å². The zero-order chi connectivity index (χ0) is 19.8. The molecular formula is C20H23ClN2O4. The summed E-state index contributed by atoms with van der Waals surface area (Å²) in [5.41, 5.74) is 5.80. The predicted molar refractivity (Wildman–Crippen MR) is 106 cm³/mol. The number of carbonyl (C=O) groups is 1. The summed E-state index contributed by atoms with van der Waals surface area (Å²) in [6.45, 7) is 3.96. The minimum Gasteiger partial charge on any atom is -0.496 e. The predicted octanol–water partition coefficient (Wildman–Crippen LogP) is 3.72. The van der Waals surface area contributed by atoms with Gasteiger partial charge in [0.05, 0.1) is 19.4 Å². The van der Waals surface area contributed by atoms with E-state index in [0.29, 0.717) is 23.1 Å². The quantitative estimate of drug-likeness (QED) is 0.551. The maximum atomic E-state index is 12.0. The van der Waals surface area contributed by atoms with Crippen LogP contribution in [0.4, 0.5) is 0 Å². The first-order chi connectivity index (χ1) is 12.9. The molecule has 2 rings (SSSR count). The van der Waals surface area contributed by atoms with Crippen LogP contribution in [0.3, 0.4) is 0 Å². The number of nitrogens with one attached hydrogen (secondary N) is 1. The monoisotopic (exact) mass is 390 g/mol. The lowest BCUT2D eigenvalue weighted by Gasteiger charge is -2.10. The summed E-state index contributed by atoms with van der Waals surface area (Å²) >= 11 is 5.97. The van der Waals surface area contributed by atoms with Crippen molar-refractivity contribution < 1.29 is 19.0 Å². The molecule has 2 aromatic rings. The largest absolute Gasteiger partial charge is 0.496 e. The molecule has 144 valence electrons. The number of hydrazone groups is 1. The lowest BCUT2D eigenvalue weighted by Crippen LogP contribution is -2.25. The van der Waals surface area contributed by atoms with Gasteiger partial charge in [0.1, 0.15) is 11.5 Å². The van der Waals surface area contributed by atoms with E-state index < -0.39 is 0 Å². The zero-order valence-corrected chi connectivity index (χ0v) is 16.6. The van der Waals surface area contributed by atoms with E-state index in [-0.39, 0.29) is 12.5 Å². The molecule has 0 aliphatic rings. The Morgan fingerprint density at radius 2 is 1.96 bits per heavy atom. The summed E-state index contributed by atoms with van der Waals surface area (Å²) in [7, 11) is 3.23. The van der Waals surface area contributed by atoms with Crippen LogP contribution in [-0.2, 0) is 16.1 Å². The number of hydrogen-bond acceptors (Lipinski definition) is 5. The van der Waals surface area contributed by atoms with Crippen LogP contribution in [-0.4, -0.2) is 32.4 Å². The average Bonchev–Trinajstić information content (AvgIpc) is 2.67. The SMILES string of the molecule is COCc1cc(/C(C)=N\NC(=O)COc2ccc(Cl)c(C)c2)ccc1OC. The normalized spacial score (nSPS) is 11.2. The second-order valence-corrected chi connectivity index (χ2v) is 6.30. The number of hydrogen-bond donors (Lipinski definition) is 1. The summed E-state index contributed by atoms with van der Waals surface area (Å²) in [4.78, 5) is 12.0. The first kappa shape index (κ1) is 20.7. The van der Waals surface area contributed by atoms with Gasteiger partial charge in [-0.05, 0) is 61.4 Å². The van der Waals surface area contributed by atoms with Crippen LogP contribution < -0.4 is 14.9 Å². The molecule has 0 saturated carbocycles. The number of methoxy groups -OCH3 is 2. The number of nitrogens with zero attached hydrogens (tertiary/aromatic N) is 1. The Hall–Kier alpha value is -2.57.